The lowest BCUT2D eigenvalue weighted by molar-refractivity contribution is -0.140. The number of aliphatic hydroxyl groups excluding tert-OH is 1. The van der Waals surface area contributed by atoms with Crippen molar-refractivity contribution < 1.29 is 28.9 Å². The molecule has 0 aliphatic heterocycles. The fraction of sp³-hybridized carbons (Fsp3) is 0.241. The molecule has 0 aromatic heterocycles. The number of hydrogen-bond acceptors (Lipinski definition) is 4. The van der Waals surface area contributed by atoms with Crippen LogP contribution in [0.2, 0.25) is 0 Å². The van der Waals surface area contributed by atoms with Gasteiger partial charge in [0.1, 0.15) is 30.4 Å². The number of carboxylic acids is 1. The SMILES string of the molecule is CC(C)c1cc(OCc2ccccc2)cc(-c2ccc(F)cc2)c1C=CC(O)CC(=O)CC(=O)O. The van der Waals surface area contributed by atoms with Crippen molar-refractivity contribution in [1.82, 2.24) is 0 Å². The molecular weight excluding hydrogens is 447 g/mol. The summed E-state index contributed by atoms with van der Waals surface area (Å²) in [5.74, 6) is -1.37. The number of carbonyl (C=O) groups is 2. The maximum Gasteiger partial charge on any atom is 0.310 e. The second-order valence-electron chi connectivity index (χ2n) is 8.65. The maximum absolute atomic E-state index is 13.6. The van der Waals surface area contributed by atoms with E-state index in [2.05, 4.69) is 0 Å². The molecule has 0 spiro atoms. The van der Waals surface area contributed by atoms with E-state index in [0.29, 0.717) is 12.4 Å². The van der Waals surface area contributed by atoms with E-state index in [9.17, 15) is 19.1 Å². The lowest BCUT2D eigenvalue weighted by atomic mass is 9.89. The zero-order valence-electron chi connectivity index (χ0n) is 19.8. The normalized spacial score (nSPS) is 12.1. The van der Waals surface area contributed by atoms with Gasteiger partial charge in [0.2, 0.25) is 0 Å². The topological polar surface area (TPSA) is 83.8 Å². The Morgan fingerprint density at radius 2 is 1.71 bits per heavy atom. The Bertz CT molecular complexity index is 1180. The van der Waals surface area contributed by atoms with Crippen molar-refractivity contribution in [3.8, 4) is 16.9 Å². The van der Waals surface area contributed by atoms with Crippen LogP contribution in [0.15, 0.2) is 72.8 Å². The summed E-state index contributed by atoms with van der Waals surface area (Å²) in [4.78, 5) is 22.5. The van der Waals surface area contributed by atoms with Gasteiger partial charge >= 0.3 is 5.97 Å². The highest BCUT2D eigenvalue weighted by Gasteiger charge is 2.16. The van der Waals surface area contributed by atoms with Gasteiger partial charge in [-0.05, 0) is 58.0 Å². The number of Topliss-reactive ketones (excluding diaryl/α,β-unsaturated/α-hetero) is 1. The summed E-state index contributed by atoms with van der Waals surface area (Å²) >= 11 is 0. The van der Waals surface area contributed by atoms with Gasteiger partial charge in [-0.15, -0.1) is 0 Å². The van der Waals surface area contributed by atoms with E-state index in [1.165, 1.54) is 18.2 Å². The summed E-state index contributed by atoms with van der Waals surface area (Å²) in [7, 11) is 0. The number of rotatable bonds is 11. The van der Waals surface area contributed by atoms with Crippen molar-refractivity contribution in [2.24, 2.45) is 0 Å². The first-order valence-electron chi connectivity index (χ1n) is 11.4. The van der Waals surface area contributed by atoms with Gasteiger partial charge in [-0.1, -0.05) is 68.5 Å². The second-order valence-corrected chi connectivity index (χ2v) is 8.65. The Morgan fingerprint density at radius 1 is 1.03 bits per heavy atom. The van der Waals surface area contributed by atoms with Crippen LogP contribution >= 0.6 is 0 Å². The van der Waals surface area contributed by atoms with Gasteiger partial charge < -0.3 is 14.9 Å². The fourth-order valence-electron chi connectivity index (χ4n) is 3.75. The third kappa shape index (κ3) is 7.62. The first-order valence-corrected chi connectivity index (χ1v) is 11.4. The molecular formula is C29H29FO5. The van der Waals surface area contributed by atoms with Gasteiger partial charge in [0.25, 0.3) is 0 Å². The Kier molecular flexibility index (Phi) is 8.92. The average molecular weight is 477 g/mol. The number of aliphatic carboxylic acids is 1. The van der Waals surface area contributed by atoms with Crippen molar-refractivity contribution in [2.45, 2.75) is 45.3 Å². The molecule has 182 valence electrons. The number of ether oxygens (including phenoxy) is 1. The molecule has 0 amide bonds. The van der Waals surface area contributed by atoms with Crippen molar-refractivity contribution >= 4 is 17.8 Å². The molecule has 2 N–H and O–H groups in total. The summed E-state index contributed by atoms with van der Waals surface area (Å²) in [6, 6.07) is 19.8. The minimum atomic E-state index is -1.22. The molecule has 0 fully saturated rings. The molecule has 1 unspecified atom stereocenters. The molecule has 0 heterocycles. The number of aliphatic hydroxyl groups is 1. The predicted octanol–water partition coefficient (Wildman–Crippen LogP) is 6.00. The van der Waals surface area contributed by atoms with Gasteiger partial charge in [0, 0.05) is 6.42 Å². The van der Waals surface area contributed by atoms with Crippen molar-refractivity contribution in [3.05, 3.63) is 95.3 Å². The minimum Gasteiger partial charge on any atom is -0.489 e. The molecule has 3 aromatic rings. The number of hydrogen-bond donors (Lipinski definition) is 2. The Hall–Kier alpha value is -3.77. The number of ketones is 1. The molecule has 1 atom stereocenters. The van der Waals surface area contributed by atoms with Crippen molar-refractivity contribution in [3.63, 3.8) is 0 Å². The molecule has 0 saturated heterocycles. The minimum absolute atomic E-state index is 0.0971. The van der Waals surface area contributed by atoms with Crippen molar-refractivity contribution in [2.75, 3.05) is 0 Å². The Morgan fingerprint density at radius 3 is 2.34 bits per heavy atom. The zero-order valence-corrected chi connectivity index (χ0v) is 19.8. The Balaban J connectivity index is 1.98. The zero-order chi connectivity index (χ0) is 25.4. The fourth-order valence-corrected chi connectivity index (χ4v) is 3.75. The van der Waals surface area contributed by atoms with Crippen LogP contribution in [0.1, 0.15) is 49.3 Å². The summed E-state index contributed by atoms with van der Waals surface area (Å²) in [6.45, 7) is 4.46. The van der Waals surface area contributed by atoms with E-state index in [0.717, 1.165) is 27.8 Å². The first kappa shape index (κ1) is 25.8. The molecule has 0 aliphatic carbocycles. The average Bonchev–Trinajstić information content (AvgIpc) is 2.81. The first-order chi connectivity index (χ1) is 16.7. The van der Waals surface area contributed by atoms with Gasteiger partial charge in [-0.25, -0.2) is 4.39 Å². The molecule has 0 bridgehead atoms. The highest BCUT2D eigenvalue weighted by Crippen LogP contribution is 2.36. The Labute approximate surface area is 204 Å². The van der Waals surface area contributed by atoms with Crippen molar-refractivity contribution in [1.29, 1.82) is 0 Å². The molecule has 3 aromatic carbocycles. The summed E-state index contributed by atoms with van der Waals surface area (Å²) in [5, 5.41) is 19.1. The molecule has 0 radical (unpaired) electrons. The number of benzene rings is 3. The molecule has 0 saturated carbocycles. The van der Waals surface area contributed by atoms with Crippen LogP contribution in [0.25, 0.3) is 17.2 Å². The van der Waals surface area contributed by atoms with E-state index in [4.69, 9.17) is 9.84 Å². The van der Waals surface area contributed by atoms with Crippen LogP contribution in [-0.2, 0) is 16.2 Å². The molecule has 5 nitrogen and oxygen atoms in total. The number of halogens is 1. The van der Waals surface area contributed by atoms with E-state index in [1.54, 1.807) is 18.2 Å². The van der Waals surface area contributed by atoms with Crippen LogP contribution in [-0.4, -0.2) is 28.1 Å². The molecule has 35 heavy (non-hydrogen) atoms. The van der Waals surface area contributed by atoms with E-state index < -0.39 is 24.3 Å². The summed E-state index contributed by atoms with van der Waals surface area (Å²) < 4.78 is 19.7. The second kappa shape index (κ2) is 12.1. The number of carbonyl (C=O) groups excluding carboxylic acids is 1. The lowest BCUT2D eigenvalue weighted by Gasteiger charge is -2.19. The highest BCUT2D eigenvalue weighted by molar-refractivity contribution is 5.95. The molecule has 6 heteroatoms. The monoisotopic (exact) mass is 476 g/mol. The van der Waals surface area contributed by atoms with E-state index >= 15 is 0 Å². The maximum atomic E-state index is 13.6. The van der Waals surface area contributed by atoms with Crippen LogP contribution in [0.5, 0.6) is 5.75 Å². The standard InChI is InChI=1S/C29H29FO5/c1-19(2)27-16-25(35-18-20-6-4-3-5-7-20)17-28(21-8-10-22(30)11-9-21)26(27)13-12-23(31)14-24(32)15-29(33)34/h3-13,16-17,19,23,31H,14-15,18H2,1-2H3,(H,33,34). The quantitative estimate of drug-likeness (QED) is 0.332. The number of carboxylic acid groups (broad SMARTS) is 1. The largest absolute Gasteiger partial charge is 0.489 e. The van der Waals surface area contributed by atoms with Gasteiger partial charge in [-0.2, -0.15) is 0 Å². The third-order valence-corrected chi connectivity index (χ3v) is 5.48. The summed E-state index contributed by atoms with van der Waals surface area (Å²) in [5.41, 5.74) is 4.35. The van der Waals surface area contributed by atoms with Crippen LogP contribution in [0, 0.1) is 5.82 Å². The molecule has 0 aliphatic rings. The van der Waals surface area contributed by atoms with Crippen LogP contribution in [0.4, 0.5) is 4.39 Å². The van der Waals surface area contributed by atoms with Crippen LogP contribution in [0.3, 0.4) is 0 Å². The highest BCUT2D eigenvalue weighted by atomic mass is 19.1. The molecule has 3 rings (SSSR count). The van der Waals surface area contributed by atoms with E-state index in [-0.39, 0.29) is 18.2 Å². The van der Waals surface area contributed by atoms with Gasteiger partial charge in [0.05, 0.1) is 6.10 Å². The van der Waals surface area contributed by atoms with Crippen LogP contribution < -0.4 is 4.74 Å². The predicted molar refractivity (Wildman–Crippen MR) is 134 cm³/mol. The summed E-state index contributed by atoms with van der Waals surface area (Å²) in [6.07, 6.45) is 1.17. The van der Waals surface area contributed by atoms with Gasteiger partial charge in [-0.3, -0.25) is 9.59 Å². The lowest BCUT2D eigenvalue weighted by Crippen LogP contribution is -2.14. The third-order valence-electron chi connectivity index (χ3n) is 5.48. The smallest absolute Gasteiger partial charge is 0.310 e. The van der Waals surface area contributed by atoms with Gasteiger partial charge in [0.15, 0.2) is 0 Å². The van der Waals surface area contributed by atoms with E-state index in [1.807, 2.05) is 56.3 Å².